The second-order valence-electron chi connectivity index (χ2n) is 9.30. The Morgan fingerprint density at radius 2 is 1.32 bits per heavy atom. The van der Waals surface area contributed by atoms with Crippen molar-refractivity contribution < 1.29 is 43.2 Å². The smallest absolute Gasteiger partial charge is 0.350 e. The fraction of sp³-hybridized carbons (Fsp3) is 0.483. The lowest BCUT2D eigenvalue weighted by atomic mass is 9.96. The molecule has 11 nitrogen and oxygen atoms in total. The largest absolute Gasteiger partial charge is 0.479 e. The predicted molar refractivity (Wildman–Crippen MR) is 146 cm³/mol. The number of primary amides is 1. The highest BCUT2D eigenvalue weighted by Gasteiger charge is 2.49. The third-order valence-corrected chi connectivity index (χ3v) is 6.53. The Balaban J connectivity index is 1.55. The van der Waals surface area contributed by atoms with Crippen LogP contribution in [0.5, 0.6) is 0 Å². The van der Waals surface area contributed by atoms with Crippen molar-refractivity contribution in [3.05, 3.63) is 59.7 Å². The summed E-state index contributed by atoms with van der Waals surface area (Å²) in [5.41, 5.74) is 12.2. The van der Waals surface area contributed by atoms with Gasteiger partial charge in [0.2, 0.25) is 5.91 Å². The van der Waals surface area contributed by atoms with E-state index >= 15 is 0 Å². The van der Waals surface area contributed by atoms with Crippen LogP contribution in [0.25, 0.3) is 11.1 Å². The molecular formula is C29H38N2O9. The molecule has 1 aliphatic carbocycles. The zero-order valence-corrected chi connectivity index (χ0v) is 22.5. The molecule has 0 aliphatic heterocycles. The summed E-state index contributed by atoms with van der Waals surface area (Å²) in [6.07, 6.45) is 0.666. The van der Waals surface area contributed by atoms with Gasteiger partial charge < -0.3 is 40.3 Å². The van der Waals surface area contributed by atoms with Gasteiger partial charge in [-0.3, -0.25) is 4.79 Å². The maximum absolute atomic E-state index is 13.3. The number of carbonyl (C=O) groups is 3. The van der Waals surface area contributed by atoms with Crippen LogP contribution in [-0.2, 0) is 38.1 Å². The summed E-state index contributed by atoms with van der Waals surface area (Å²) in [6, 6.07) is 15.6. The van der Waals surface area contributed by atoms with E-state index in [0.717, 1.165) is 28.7 Å². The lowest BCUT2D eigenvalue weighted by Gasteiger charge is -2.28. The molecular weight excluding hydrogens is 520 g/mol. The third kappa shape index (κ3) is 8.33. The number of ether oxygens (including phenoxy) is 5. The first-order valence-corrected chi connectivity index (χ1v) is 13.3. The maximum Gasteiger partial charge on any atom is 0.350 e. The van der Waals surface area contributed by atoms with E-state index in [1.165, 1.54) is 0 Å². The van der Waals surface area contributed by atoms with Crippen LogP contribution in [-0.4, -0.2) is 88.0 Å². The van der Waals surface area contributed by atoms with Crippen molar-refractivity contribution >= 4 is 17.8 Å². The van der Waals surface area contributed by atoms with E-state index < -0.39 is 30.1 Å². The van der Waals surface area contributed by atoms with Crippen molar-refractivity contribution in [2.75, 3.05) is 59.4 Å². The first-order valence-electron chi connectivity index (χ1n) is 13.3. The van der Waals surface area contributed by atoms with Crippen LogP contribution < -0.4 is 11.5 Å². The molecule has 0 saturated carbocycles. The summed E-state index contributed by atoms with van der Waals surface area (Å²) in [6.45, 7) is 1.93. The predicted octanol–water partition coefficient (Wildman–Crippen LogP) is 1.85. The molecule has 0 fully saturated rings. The molecule has 5 N–H and O–H groups in total. The highest BCUT2D eigenvalue weighted by molar-refractivity contribution is 6.03. The maximum atomic E-state index is 13.3. The molecule has 0 spiro atoms. The SMILES string of the molecule is NCCCOCCOCCOCCCC(OCC(N)=O)(C(=O)O)C(=O)OCC1c2ccccc2-c2ccccc21. The summed E-state index contributed by atoms with van der Waals surface area (Å²) in [4.78, 5) is 37.0. The molecule has 218 valence electrons. The van der Waals surface area contributed by atoms with Crippen LogP contribution in [0, 0.1) is 0 Å². The zero-order chi connectivity index (χ0) is 28.8. The monoisotopic (exact) mass is 558 g/mol. The number of fused-ring (bicyclic) bond motifs is 3. The summed E-state index contributed by atoms with van der Waals surface area (Å²) in [5, 5.41) is 10.0. The molecule has 0 aromatic heterocycles. The van der Waals surface area contributed by atoms with Gasteiger partial charge >= 0.3 is 11.9 Å². The van der Waals surface area contributed by atoms with Crippen LogP contribution in [0.15, 0.2) is 48.5 Å². The van der Waals surface area contributed by atoms with Gasteiger partial charge in [-0.05, 0) is 41.6 Å². The molecule has 1 amide bonds. The minimum atomic E-state index is -2.41. The number of esters is 1. The van der Waals surface area contributed by atoms with Crippen LogP contribution >= 0.6 is 0 Å². The number of carbonyl (C=O) groups excluding carboxylic acids is 2. The van der Waals surface area contributed by atoms with E-state index in [4.69, 9.17) is 35.2 Å². The van der Waals surface area contributed by atoms with Gasteiger partial charge in [0.15, 0.2) is 0 Å². The standard InChI is InChI=1S/C29H38N2O9/c30-12-6-14-37-16-18-38-17-15-36-13-5-11-29(27(33)34,40-20-26(31)32)28(35)39-19-25-23-9-3-1-7-21(23)22-8-2-4-10-24(22)25/h1-4,7-10,25H,5-6,11-20,30H2,(H2,31,32)(H,33,34). The van der Waals surface area contributed by atoms with Gasteiger partial charge in [-0.25, -0.2) is 9.59 Å². The molecule has 0 bridgehead atoms. The molecule has 1 aliphatic rings. The number of carboxylic acid groups (broad SMARTS) is 1. The van der Waals surface area contributed by atoms with Gasteiger partial charge in [0, 0.05) is 25.6 Å². The number of nitrogens with two attached hydrogens (primary N) is 2. The lowest BCUT2D eigenvalue weighted by molar-refractivity contribution is -0.189. The molecule has 0 heterocycles. The van der Waals surface area contributed by atoms with E-state index in [1.807, 2.05) is 48.5 Å². The van der Waals surface area contributed by atoms with E-state index in [9.17, 15) is 19.5 Å². The van der Waals surface area contributed by atoms with Gasteiger partial charge in [-0.1, -0.05) is 48.5 Å². The third-order valence-electron chi connectivity index (χ3n) is 6.53. The molecule has 40 heavy (non-hydrogen) atoms. The summed E-state index contributed by atoms with van der Waals surface area (Å²) in [5.74, 6) is -3.84. The molecule has 1 atom stereocenters. The first kappa shape index (κ1) is 31.2. The summed E-state index contributed by atoms with van der Waals surface area (Å²) in [7, 11) is 0. The second kappa shape index (κ2) is 16.0. The summed E-state index contributed by atoms with van der Waals surface area (Å²) >= 11 is 0. The molecule has 2 aromatic rings. The van der Waals surface area contributed by atoms with E-state index in [1.54, 1.807) is 0 Å². The molecule has 1 unspecified atom stereocenters. The number of hydrogen-bond donors (Lipinski definition) is 3. The minimum absolute atomic E-state index is 0.0917. The van der Waals surface area contributed by atoms with Crippen molar-refractivity contribution in [1.82, 2.24) is 0 Å². The molecule has 0 saturated heterocycles. The van der Waals surface area contributed by atoms with Crippen molar-refractivity contribution in [1.29, 1.82) is 0 Å². The Morgan fingerprint density at radius 1 is 0.800 bits per heavy atom. The average molecular weight is 559 g/mol. The fourth-order valence-corrected chi connectivity index (χ4v) is 4.55. The van der Waals surface area contributed by atoms with Crippen molar-refractivity contribution in [3.8, 4) is 11.1 Å². The summed E-state index contributed by atoms with van der Waals surface area (Å²) < 4.78 is 27.1. The molecule has 2 aromatic carbocycles. The van der Waals surface area contributed by atoms with Crippen molar-refractivity contribution in [3.63, 3.8) is 0 Å². The van der Waals surface area contributed by atoms with Gasteiger partial charge in [-0.15, -0.1) is 0 Å². The van der Waals surface area contributed by atoms with Gasteiger partial charge in [-0.2, -0.15) is 0 Å². The first-order chi connectivity index (χ1) is 19.4. The Labute approximate surface area is 233 Å². The Kier molecular flexibility index (Phi) is 12.5. The number of benzene rings is 2. The number of hydrogen-bond acceptors (Lipinski definition) is 9. The lowest BCUT2D eigenvalue weighted by Crippen LogP contribution is -2.52. The van der Waals surface area contributed by atoms with Gasteiger partial charge in [0.25, 0.3) is 5.60 Å². The Morgan fingerprint density at radius 3 is 1.85 bits per heavy atom. The van der Waals surface area contributed by atoms with Gasteiger partial charge in [0.05, 0.1) is 26.4 Å². The van der Waals surface area contributed by atoms with Crippen LogP contribution in [0.2, 0.25) is 0 Å². The highest BCUT2D eigenvalue weighted by Crippen LogP contribution is 2.44. The fourth-order valence-electron chi connectivity index (χ4n) is 4.55. The zero-order valence-electron chi connectivity index (χ0n) is 22.5. The van der Waals surface area contributed by atoms with E-state index in [2.05, 4.69) is 0 Å². The number of aliphatic carboxylic acids is 1. The molecule has 3 rings (SSSR count). The normalized spacial score (nSPS) is 13.8. The Hall–Kier alpha value is -3.35. The quantitative estimate of drug-likeness (QED) is 0.124. The molecule has 11 heteroatoms. The average Bonchev–Trinajstić information content (AvgIpc) is 3.27. The van der Waals surface area contributed by atoms with Crippen molar-refractivity contribution in [2.24, 2.45) is 11.5 Å². The highest BCUT2D eigenvalue weighted by atomic mass is 16.6. The van der Waals surface area contributed by atoms with E-state index in [0.29, 0.717) is 33.0 Å². The van der Waals surface area contributed by atoms with Crippen LogP contribution in [0.1, 0.15) is 36.3 Å². The number of rotatable bonds is 20. The second-order valence-corrected chi connectivity index (χ2v) is 9.30. The van der Waals surface area contributed by atoms with Crippen LogP contribution in [0.3, 0.4) is 0 Å². The topological polar surface area (TPSA) is 170 Å². The number of carboxylic acids is 1. The van der Waals surface area contributed by atoms with Gasteiger partial charge in [0.1, 0.15) is 13.2 Å². The Bertz CT molecular complexity index is 1080. The van der Waals surface area contributed by atoms with Crippen molar-refractivity contribution in [2.45, 2.75) is 30.8 Å². The van der Waals surface area contributed by atoms with Crippen LogP contribution in [0.4, 0.5) is 0 Å². The number of amides is 1. The molecule has 0 radical (unpaired) electrons. The van der Waals surface area contributed by atoms with E-state index in [-0.39, 0.29) is 38.6 Å². The minimum Gasteiger partial charge on any atom is -0.479 e.